The smallest absolute Gasteiger partial charge is 0.316 e. The number of rotatable bonds is 1. The first-order valence-corrected chi connectivity index (χ1v) is 5.58. The molecule has 1 N–H and O–H groups in total. The molecule has 3 nitrogen and oxygen atoms in total. The van der Waals surface area contributed by atoms with E-state index >= 15 is 0 Å². The van der Waals surface area contributed by atoms with Crippen LogP contribution in [0, 0.1) is 5.41 Å². The molecule has 0 aromatic carbocycles. The number of alkyl halides is 3. The van der Waals surface area contributed by atoms with Crippen molar-refractivity contribution in [2.45, 2.75) is 24.9 Å². The van der Waals surface area contributed by atoms with Gasteiger partial charge in [-0.15, -0.1) is 0 Å². The quantitative estimate of drug-likeness (QED) is 0.819. The molecule has 2 fully saturated rings. The molecule has 0 atom stereocenters. The Morgan fingerprint density at radius 1 is 1.18 bits per heavy atom. The number of halogens is 3. The van der Waals surface area contributed by atoms with Gasteiger partial charge in [0.15, 0.2) is 5.69 Å². The second-order valence-electron chi connectivity index (χ2n) is 5.03. The van der Waals surface area contributed by atoms with Gasteiger partial charge in [-0.2, -0.15) is 13.2 Å². The highest BCUT2D eigenvalue weighted by Crippen LogP contribution is 2.52. The molecular weight excluding hydrogens is 231 g/mol. The van der Waals surface area contributed by atoms with Crippen LogP contribution in [0.1, 0.15) is 30.1 Å². The van der Waals surface area contributed by atoms with E-state index in [0.29, 0.717) is 11.1 Å². The molecule has 2 heterocycles. The first kappa shape index (κ1) is 11.0. The molecule has 3 rings (SSSR count). The summed E-state index contributed by atoms with van der Waals surface area (Å²) in [6.07, 6.45) is -0.268. The Morgan fingerprint density at radius 2 is 1.88 bits per heavy atom. The summed E-state index contributed by atoms with van der Waals surface area (Å²) in [6.45, 7) is 2.05. The number of hydrogen-bond donors (Lipinski definition) is 1. The normalized spacial score (nSPS) is 23.2. The SMILES string of the molecule is FC(F)(F)c1cnc(C2CC3(CNC3)C2)cn1. The van der Waals surface area contributed by atoms with Crippen molar-refractivity contribution < 1.29 is 13.2 Å². The number of nitrogens with one attached hydrogen (secondary N) is 1. The fourth-order valence-electron chi connectivity index (χ4n) is 2.66. The van der Waals surface area contributed by atoms with Crippen molar-refractivity contribution >= 4 is 0 Å². The summed E-state index contributed by atoms with van der Waals surface area (Å²) >= 11 is 0. The van der Waals surface area contributed by atoms with E-state index in [1.165, 1.54) is 6.20 Å². The van der Waals surface area contributed by atoms with E-state index in [-0.39, 0.29) is 5.92 Å². The largest absolute Gasteiger partial charge is 0.434 e. The summed E-state index contributed by atoms with van der Waals surface area (Å²) in [4.78, 5) is 7.33. The Bertz CT molecular complexity index is 415. The maximum absolute atomic E-state index is 12.3. The minimum absolute atomic E-state index is 0.284. The topological polar surface area (TPSA) is 37.8 Å². The van der Waals surface area contributed by atoms with Gasteiger partial charge in [-0.25, -0.2) is 4.98 Å². The summed E-state index contributed by atoms with van der Waals surface area (Å²) in [5, 5.41) is 3.22. The second kappa shape index (κ2) is 3.41. The number of hydrogen-bond acceptors (Lipinski definition) is 3. The van der Waals surface area contributed by atoms with Crippen LogP contribution in [0.2, 0.25) is 0 Å². The maximum Gasteiger partial charge on any atom is 0.434 e. The summed E-state index contributed by atoms with van der Waals surface area (Å²) in [7, 11) is 0. The molecule has 0 unspecified atom stereocenters. The highest BCUT2D eigenvalue weighted by Gasteiger charge is 2.49. The Morgan fingerprint density at radius 3 is 2.29 bits per heavy atom. The van der Waals surface area contributed by atoms with Crippen LogP contribution >= 0.6 is 0 Å². The highest BCUT2D eigenvalue weighted by atomic mass is 19.4. The first-order valence-electron chi connectivity index (χ1n) is 5.58. The van der Waals surface area contributed by atoms with Crippen molar-refractivity contribution in [1.29, 1.82) is 0 Å². The zero-order valence-electron chi connectivity index (χ0n) is 9.09. The Hall–Kier alpha value is -1.17. The molecule has 0 radical (unpaired) electrons. The van der Waals surface area contributed by atoms with Crippen LogP contribution in [-0.4, -0.2) is 23.1 Å². The predicted octanol–water partition coefficient (Wildman–Crippen LogP) is 1.96. The zero-order chi connectivity index (χ0) is 12.1. The van der Waals surface area contributed by atoms with Crippen LogP contribution in [0.3, 0.4) is 0 Å². The zero-order valence-corrected chi connectivity index (χ0v) is 9.09. The van der Waals surface area contributed by atoms with Gasteiger partial charge in [0.25, 0.3) is 0 Å². The van der Waals surface area contributed by atoms with Crippen LogP contribution in [0.5, 0.6) is 0 Å². The molecule has 1 saturated heterocycles. The fourth-order valence-corrected chi connectivity index (χ4v) is 2.66. The minimum atomic E-state index is -4.40. The minimum Gasteiger partial charge on any atom is -0.316 e. The summed E-state index contributed by atoms with van der Waals surface area (Å²) in [6, 6.07) is 0. The lowest BCUT2D eigenvalue weighted by Crippen LogP contribution is -2.59. The van der Waals surface area contributed by atoms with E-state index in [4.69, 9.17) is 0 Å². The van der Waals surface area contributed by atoms with Crippen LogP contribution in [-0.2, 0) is 6.18 Å². The molecule has 1 aromatic heterocycles. The lowest BCUT2D eigenvalue weighted by atomic mass is 9.58. The molecule has 92 valence electrons. The van der Waals surface area contributed by atoms with E-state index in [1.54, 1.807) is 0 Å². The van der Waals surface area contributed by atoms with Crippen molar-refractivity contribution in [2.75, 3.05) is 13.1 Å². The molecule has 2 aliphatic rings. The van der Waals surface area contributed by atoms with Gasteiger partial charge < -0.3 is 5.32 Å². The molecule has 1 aliphatic carbocycles. The first-order chi connectivity index (χ1) is 7.99. The van der Waals surface area contributed by atoms with Crippen molar-refractivity contribution in [3.05, 3.63) is 23.8 Å². The maximum atomic E-state index is 12.3. The van der Waals surface area contributed by atoms with E-state index in [1.807, 2.05) is 0 Å². The Balaban J connectivity index is 1.69. The number of nitrogens with zero attached hydrogens (tertiary/aromatic N) is 2. The van der Waals surface area contributed by atoms with Crippen molar-refractivity contribution in [2.24, 2.45) is 5.41 Å². The molecule has 1 aliphatic heterocycles. The van der Waals surface area contributed by atoms with Crippen molar-refractivity contribution in [3.63, 3.8) is 0 Å². The standard InChI is InChI=1S/C11H12F3N3/c12-11(13,14)9-4-16-8(3-17-9)7-1-10(2-7)5-15-6-10/h3-4,7,15H,1-2,5-6H2. The average molecular weight is 243 g/mol. The van der Waals surface area contributed by atoms with Crippen LogP contribution in [0.15, 0.2) is 12.4 Å². The summed E-state index contributed by atoms with van der Waals surface area (Å²) in [5.41, 5.74) is 0.172. The van der Waals surface area contributed by atoms with Gasteiger partial charge in [0.05, 0.1) is 11.9 Å². The average Bonchev–Trinajstić information content (AvgIpc) is 2.12. The second-order valence-corrected chi connectivity index (χ2v) is 5.03. The monoisotopic (exact) mass is 243 g/mol. The molecule has 0 bridgehead atoms. The Kier molecular flexibility index (Phi) is 2.20. The van der Waals surface area contributed by atoms with E-state index in [2.05, 4.69) is 15.3 Å². The predicted molar refractivity (Wildman–Crippen MR) is 54.3 cm³/mol. The Labute approximate surface area is 96.5 Å². The van der Waals surface area contributed by atoms with Crippen molar-refractivity contribution in [3.8, 4) is 0 Å². The summed E-state index contributed by atoms with van der Waals surface area (Å²) in [5.74, 6) is 0.284. The molecule has 1 spiro atoms. The third-order valence-electron chi connectivity index (χ3n) is 3.74. The van der Waals surface area contributed by atoms with Gasteiger partial charge in [-0.1, -0.05) is 0 Å². The third kappa shape index (κ3) is 1.80. The van der Waals surface area contributed by atoms with E-state index in [0.717, 1.165) is 32.1 Å². The molecule has 0 amide bonds. The van der Waals surface area contributed by atoms with Gasteiger partial charge in [0.1, 0.15) is 0 Å². The molecule has 6 heteroatoms. The molecule has 1 saturated carbocycles. The van der Waals surface area contributed by atoms with Crippen molar-refractivity contribution in [1.82, 2.24) is 15.3 Å². The fraction of sp³-hybridized carbons (Fsp3) is 0.636. The van der Waals surface area contributed by atoms with Gasteiger partial charge in [-0.05, 0) is 18.3 Å². The van der Waals surface area contributed by atoms with Gasteiger partial charge >= 0.3 is 6.18 Å². The molecular formula is C11H12F3N3. The molecule has 17 heavy (non-hydrogen) atoms. The third-order valence-corrected chi connectivity index (χ3v) is 3.74. The van der Waals surface area contributed by atoms with Gasteiger partial charge in [0, 0.05) is 25.2 Å². The lowest BCUT2D eigenvalue weighted by Gasteiger charge is -2.54. The van der Waals surface area contributed by atoms with Crippen LogP contribution in [0.4, 0.5) is 13.2 Å². The van der Waals surface area contributed by atoms with Crippen LogP contribution < -0.4 is 5.32 Å². The van der Waals surface area contributed by atoms with Crippen LogP contribution in [0.25, 0.3) is 0 Å². The van der Waals surface area contributed by atoms with E-state index in [9.17, 15) is 13.2 Å². The summed E-state index contributed by atoms with van der Waals surface area (Å²) < 4.78 is 36.9. The van der Waals surface area contributed by atoms with Gasteiger partial charge in [-0.3, -0.25) is 4.98 Å². The van der Waals surface area contributed by atoms with E-state index < -0.39 is 11.9 Å². The molecule has 1 aromatic rings. The number of aromatic nitrogens is 2. The highest BCUT2D eigenvalue weighted by molar-refractivity contribution is 5.18. The van der Waals surface area contributed by atoms with Gasteiger partial charge in [0.2, 0.25) is 0 Å². The lowest BCUT2D eigenvalue weighted by molar-refractivity contribution is -0.141.